The fraction of sp³-hybridized carbons (Fsp3) is 0.371. The SMILES string of the molecule is CCOC(=O)CN(CCc1c[nH]c2ccc(OC)cc12)C(=O)CC1C(=O)N(CCc2ccc(Cl)cc2Cl)CC(=O)N1CCc1cccs1. The summed E-state index contributed by atoms with van der Waals surface area (Å²) in [6.45, 7) is 2.22. The van der Waals surface area contributed by atoms with Gasteiger partial charge in [0.25, 0.3) is 0 Å². The summed E-state index contributed by atoms with van der Waals surface area (Å²) in [7, 11) is 1.60. The fourth-order valence-electron chi connectivity index (χ4n) is 5.88. The molecular formula is C35H38Cl2N4O6S. The monoisotopic (exact) mass is 712 g/mol. The molecule has 2 aromatic carbocycles. The molecule has 0 saturated carbocycles. The number of H-pyrrole nitrogens is 1. The van der Waals surface area contributed by atoms with Gasteiger partial charge in [-0.05, 0) is 79.1 Å². The van der Waals surface area contributed by atoms with Crippen LogP contribution in [0.3, 0.4) is 0 Å². The Hall–Kier alpha value is -4.06. The molecule has 1 aliphatic heterocycles. The van der Waals surface area contributed by atoms with Gasteiger partial charge in [-0.3, -0.25) is 19.2 Å². The lowest BCUT2D eigenvalue weighted by Crippen LogP contribution is -2.61. The van der Waals surface area contributed by atoms with E-state index in [0.29, 0.717) is 35.1 Å². The second kappa shape index (κ2) is 16.4. The Labute approximate surface area is 293 Å². The fourth-order valence-corrected chi connectivity index (χ4v) is 7.08. The lowest BCUT2D eigenvalue weighted by Gasteiger charge is -2.40. The number of carbonyl (C=O) groups excluding carboxylic acids is 4. The number of methoxy groups -OCH3 is 1. The summed E-state index contributed by atoms with van der Waals surface area (Å²) >= 11 is 14.0. The van der Waals surface area contributed by atoms with Gasteiger partial charge in [-0.1, -0.05) is 35.3 Å². The molecule has 2 aromatic heterocycles. The molecule has 0 spiro atoms. The summed E-state index contributed by atoms with van der Waals surface area (Å²) in [5.74, 6) is -0.826. The number of esters is 1. The molecule has 4 aromatic rings. The molecule has 254 valence electrons. The average Bonchev–Trinajstić information content (AvgIpc) is 3.74. The van der Waals surface area contributed by atoms with Crippen LogP contribution >= 0.6 is 34.5 Å². The van der Waals surface area contributed by atoms with Crippen molar-refractivity contribution in [1.82, 2.24) is 19.7 Å². The highest BCUT2D eigenvalue weighted by Crippen LogP contribution is 2.26. The quantitative estimate of drug-likeness (QED) is 0.166. The molecule has 3 amide bonds. The smallest absolute Gasteiger partial charge is 0.325 e. The van der Waals surface area contributed by atoms with Gasteiger partial charge in [0.2, 0.25) is 17.7 Å². The maximum atomic E-state index is 14.0. The van der Waals surface area contributed by atoms with Crippen molar-refractivity contribution in [3.8, 4) is 5.75 Å². The molecule has 10 nitrogen and oxygen atoms in total. The molecule has 0 radical (unpaired) electrons. The van der Waals surface area contributed by atoms with Crippen LogP contribution in [0.2, 0.25) is 10.0 Å². The zero-order valence-corrected chi connectivity index (χ0v) is 29.2. The third kappa shape index (κ3) is 8.69. The lowest BCUT2D eigenvalue weighted by molar-refractivity contribution is -0.158. The van der Waals surface area contributed by atoms with Gasteiger partial charge in [0.1, 0.15) is 18.3 Å². The van der Waals surface area contributed by atoms with Crippen molar-refractivity contribution in [1.29, 1.82) is 0 Å². The standard InChI is InChI=1S/C35H38Cl2N4O6S/c1-3-47-34(44)22-39(13-11-24-20-38-30-9-8-26(46-2)18-28(24)30)32(42)19-31-35(45)40(14-10-23-6-7-25(36)17-29(23)37)21-33(43)41(31)15-12-27-5-4-16-48-27/h4-9,16-18,20,31,38H,3,10-15,19,21-22H2,1-2H3. The first-order chi connectivity index (χ1) is 23.2. The highest BCUT2D eigenvalue weighted by Gasteiger charge is 2.41. The number of carbonyl (C=O) groups is 4. The maximum Gasteiger partial charge on any atom is 0.325 e. The van der Waals surface area contributed by atoms with Gasteiger partial charge in [0.05, 0.1) is 26.7 Å². The third-order valence-electron chi connectivity index (χ3n) is 8.44. The largest absolute Gasteiger partial charge is 0.497 e. The van der Waals surface area contributed by atoms with E-state index in [1.165, 1.54) is 14.7 Å². The van der Waals surface area contributed by atoms with Gasteiger partial charge in [0.15, 0.2) is 0 Å². The molecule has 0 bridgehead atoms. The van der Waals surface area contributed by atoms with E-state index in [-0.39, 0.29) is 57.6 Å². The topological polar surface area (TPSA) is 112 Å². The molecule has 1 atom stereocenters. The van der Waals surface area contributed by atoms with E-state index in [0.717, 1.165) is 26.9 Å². The highest BCUT2D eigenvalue weighted by atomic mass is 35.5. The Bertz CT molecular complexity index is 1760. The van der Waals surface area contributed by atoms with Gasteiger partial charge in [-0.25, -0.2) is 0 Å². The van der Waals surface area contributed by atoms with Crippen LogP contribution in [-0.2, 0) is 43.2 Å². The van der Waals surface area contributed by atoms with Crippen molar-refractivity contribution >= 4 is 69.1 Å². The summed E-state index contributed by atoms with van der Waals surface area (Å²) < 4.78 is 10.6. The van der Waals surface area contributed by atoms with Crippen LogP contribution in [0, 0.1) is 0 Å². The number of amides is 3. The molecule has 3 heterocycles. The van der Waals surface area contributed by atoms with E-state index in [1.54, 1.807) is 43.6 Å². The van der Waals surface area contributed by atoms with Gasteiger partial charge in [0, 0.05) is 51.7 Å². The maximum absolute atomic E-state index is 14.0. The van der Waals surface area contributed by atoms with Crippen LogP contribution in [0.15, 0.2) is 60.1 Å². The number of hydrogen-bond donors (Lipinski definition) is 1. The van der Waals surface area contributed by atoms with Crippen molar-refractivity contribution in [3.63, 3.8) is 0 Å². The summed E-state index contributed by atoms with van der Waals surface area (Å²) in [4.78, 5) is 63.0. The molecule has 1 saturated heterocycles. The molecule has 1 N–H and O–H groups in total. The van der Waals surface area contributed by atoms with E-state index < -0.39 is 17.9 Å². The number of aromatic amines is 1. The van der Waals surface area contributed by atoms with Crippen LogP contribution in [0.4, 0.5) is 0 Å². The van der Waals surface area contributed by atoms with Gasteiger partial charge >= 0.3 is 5.97 Å². The first kappa shape index (κ1) is 35.3. The van der Waals surface area contributed by atoms with Gasteiger partial charge in [-0.2, -0.15) is 0 Å². The average molecular weight is 714 g/mol. The number of piperazine rings is 1. The van der Waals surface area contributed by atoms with E-state index in [9.17, 15) is 19.2 Å². The molecule has 0 aliphatic carbocycles. The van der Waals surface area contributed by atoms with E-state index in [1.807, 2.05) is 41.9 Å². The number of rotatable bonds is 15. The summed E-state index contributed by atoms with van der Waals surface area (Å²) in [5, 5.41) is 3.89. The number of hydrogen-bond acceptors (Lipinski definition) is 7. The Balaban J connectivity index is 1.35. The molecule has 5 rings (SSSR count). The first-order valence-corrected chi connectivity index (χ1v) is 17.4. The van der Waals surface area contributed by atoms with Crippen LogP contribution in [0.5, 0.6) is 5.75 Å². The number of fused-ring (bicyclic) bond motifs is 1. The van der Waals surface area contributed by atoms with E-state index >= 15 is 0 Å². The van der Waals surface area contributed by atoms with Gasteiger partial charge < -0.3 is 29.2 Å². The predicted molar refractivity (Wildman–Crippen MR) is 187 cm³/mol. The lowest BCUT2D eigenvalue weighted by atomic mass is 10.0. The van der Waals surface area contributed by atoms with E-state index in [2.05, 4.69) is 4.98 Å². The zero-order valence-electron chi connectivity index (χ0n) is 26.9. The minimum atomic E-state index is -1.03. The third-order valence-corrected chi connectivity index (χ3v) is 9.96. The minimum Gasteiger partial charge on any atom is -0.497 e. The number of nitrogens with zero attached hydrogens (tertiary/aromatic N) is 3. The van der Waals surface area contributed by atoms with Crippen molar-refractivity contribution in [2.24, 2.45) is 0 Å². The number of thiophene rings is 1. The summed E-state index contributed by atoms with van der Waals surface area (Å²) in [5.41, 5.74) is 2.66. The van der Waals surface area contributed by atoms with Crippen LogP contribution < -0.4 is 4.74 Å². The van der Waals surface area contributed by atoms with Crippen LogP contribution in [0.25, 0.3) is 10.9 Å². The second-order valence-electron chi connectivity index (χ2n) is 11.5. The number of halogens is 2. The van der Waals surface area contributed by atoms with Crippen molar-refractivity contribution in [2.45, 2.75) is 38.6 Å². The van der Waals surface area contributed by atoms with Crippen LogP contribution in [-0.4, -0.2) is 95.9 Å². The molecule has 13 heteroatoms. The van der Waals surface area contributed by atoms with E-state index in [4.69, 9.17) is 32.7 Å². The molecule has 1 aliphatic rings. The zero-order chi connectivity index (χ0) is 34.2. The number of ether oxygens (including phenoxy) is 2. The van der Waals surface area contributed by atoms with Gasteiger partial charge in [-0.15, -0.1) is 11.3 Å². The molecule has 1 unspecified atom stereocenters. The van der Waals surface area contributed by atoms with Crippen molar-refractivity contribution < 1.29 is 28.7 Å². The van der Waals surface area contributed by atoms with Crippen molar-refractivity contribution in [3.05, 3.63) is 86.2 Å². The normalized spacial score (nSPS) is 14.9. The van der Waals surface area contributed by atoms with Crippen LogP contribution in [0.1, 0.15) is 29.3 Å². The second-order valence-corrected chi connectivity index (χ2v) is 13.4. The van der Waals surface area contributed by atoms with Crippen molar-refractivity contribution in [2.75, 3.05) is 46.4 Å². The summed E-state index contributed by atoms with van der Waals surface area (Å²) in [6, 6.07) is 13.7. The number of nitrogens with one attached hydrogen (secondary N) is 1. The Kier molecular flexibility index (Phi) is 12.0. The Morgan fingerprint density at radius 2 is 1.88 bits per heavy atom. The Morgan fingerprint density at radius 3 is 2.60 bits per heavy atom. The summed E-state index contributed by atoms with van der Waals surface area (Å²) in [6.07, 6.45) is 3.01. The molecular weight excluding hydrogens is 675 g/mol. The number of aromatic nitrogens is 1. The Morgan fingerprint density at radius 1 is 1.04 bits per heavy atom. The highest BCUT2D eigenvalue weighted by molar-refractivity contribution is 7.09. The predicted octanol–water partition coefficient (Wildman–Crippen LogP) is 5.39. The molecule has 48 heavy (non-hydrogen) atoms. The number of benzene rings is 2. The minimum absolute atomic E-state index is 0.101. The molecule has 1 fully saturated rings. The first-order valence-electron chi connectivity index (χ1n) is 15.8.